The summed E-state index contributed by atoms with van der Waals surface area (Å²) in [5.41, 5.74) is 3.64. The summed E-state index contributed by atoms with van der Waals surface area (Å²) in [6.07, 6.45) is 0.365. The number of aryl methyl sites for hydroxylation is 2. The Morgan fingerprint density at radius 1 is 1.12 bits per heavy atom. The number of amides is 2. The molecule has 0 saturated carbocycles. The number of hydrogen-bond donors (Lipinski definition) is 3. The third-order valence-electron chi connectivity index (χ3n) is 3.64. The summed E-state index contributed by atoms with van der Waals surface area (Å²) in [6.45, 7) is 7.57. The molecule has 2 rings (SSSR count). The van der Waals surface area contributed by atoms with Crippen molar-refractivity contribution in [3.8, 4) is 0 Å². The zero-order chi connectivity index (χ0) is 17.9. The maximum absolute atomic E-state index is 12.0. The summed E-state index contributed by atoms with van der Waals surface area (Å²) in [5.74, 6) is -0.886. The minimum absolute atomic E-state index is 0.161. The highest BCUT2D eigenvalue weighted by atomic mass is 16.4. The summed E-state index contributed by atoms with van der Waals surface area (Å²) >= 11 is 0. The van der Waals surface area contributed by atoms with Crippen molar-refractivity contribution in [2.45, 2.75) is 40.2 Å². The monoisotopic (exact) mass is 330 g/mol. The van der Waals surface area contributed by atoms with Crippen LogP contribution in [0.4, 0.5) is 10.5 Å². The first kappa shape index (κ1) is 17.7. The number of fused-ring (bicyclic) bond motifs is 1. The van der Waals surface area contributed by atoms with Crippen LogP contribution in [-0.4, -0.2) is 33.1 Å². The number of carboxylic acids is 1. The van der Waals surface area contributed by atoms with E-state index in [1.165, 1.54) is 0 Å². The number of nitrogens with zero attached hydrogens (tertiary/aromatic N) is 2. The lowest BCUT2D eigenvalue weighted by atomic mass is 10.0. The Labute approximate surface area is 140 Å². The second-order valence-corrected chi connectivity index (χ2v) is 6.22. The lowest BCUT2D eigenvalue weighted by Gasteiger charge is -2.17. The molecule has 0 bridgehead atoms. The Balaban J connectivity index is 2.12. The van der Waals surface area contributed by atoms with E-state index in [0.717, 1.165) is 16.9 Å². The van der Waals surface area contributed by atoms with Gasteiger partial charge in [0.05, 0.1) is 22.4 Å². The molecule has 7 nitrogen and oxygen atoms in total. The van der Waals surface area contributed by atoms with Crippen molar-refractivity contribution in [3.63, 3.8) is 0 Å². The van der Waals surface area contributed by atoms with Crippen LogP contribution >= 0.6 is 0 Å². The number of aliphatic carboxylic acids is 1. The van der Waals surface area contributed by atoms with E-state index in [1.54, 1.807) is 18.2 Å². The number of hydrogen-bond acceptors (Lipinski definition) is 4. The molecule has 2 amide bonds. The van der Waals surface area contributed by atoms with E-state index < -0.39 is 18.0 Å². The van der Waals surface area contributed by atoms with Gasteiger partial charge in [0.15, 0.2) is 0 Å². The van der Waals surface area contributed by atoms with Crippen molar-refractivity contribution in [1.82, 2.24) is 15.3 Å². The Kier molecular flexibility index (Phi) is 5.33. The van der Waals surface area contributed by atoms with Gasteiger partial charge in [-0.05, 0) is 44.4 Å². The Bertz CT molecular complexity index is 774. The van der Waals surface area contributed by atoms with Gasteiger partial charge in [0, 0.05) is 5.69 Å². The SMILES string of the molecule is Cc1nc2ccc(NC(=O)NC(CC(C)C)C(=O)O)cc2nc1C. The van der Waals surface area contributed by atoms with Crippen molar-refractivity contribution in [2.24, 2.45) is 5.92 Å². The zero-order valence-corrected chi connectivity index (χ0v) is 14.3. The van der Waals surface area contributed by atoms with Crippen LogP contribution in [0, 0.1) is 19.8 Å². The molecule has 0 fully saturated rings. The first-order valence-corrected chi connectivity index (χ1v) is 7.81. The fraction of sp³-hybridized carbons (Fsp3) is 0.412. The van der Waals surface area contributed by atoms with Crippen molar-refractivity contribution < 1.29 is 14.7 Å². The summed E-state index contributed by atoms with van der Waals surface area (Å²) in [4.78, 5) is 32.1. The highest BCUT2D eigenvalue weighted by molar-refractivity contribution is 5.94. The highest BCUT2D eigenvalue weighted by Gasteiger charge is 2.21. The standard InChI is InChI=1S/C17H22N4O3/c1-9(2)7-15(16(22)23)21-17(24)20-12-5-6-13-14(8-12)19-11(4)10(3)18-13/h5-6,8-9,15H,7H2,1-4H3,(H,22,23)(H2,20,21,24). The molecule has 7 heteroatoms. The lowest BCUT2D eigenvalue weighted by molar-refractivity contribution is -0.139. The molecule has 24 heavy (non-hydrogen) atoms. The molecule has 1 atom stereocenters. The quantitative estimate of drug-likeness (QED) is 0.782. The largest absolute Gasteiger partial charge is 0.480 e. The summed E-state index contributed by atoms with van der Waals surface area (Å²) in [6, 6.07) is 3.72. The van der Waals surface area contributed by atoms with Crippen LogP contribution in [-0.2, 0) is 4.79 Å². The molecule has 1 unspecified atom stereocenters. The minimum atomic E-state index is -1.05. The summed E-state index contributed by atoms with van der Waals surface area (Å²) in [5, 5.41) is 14.3. The van der Waals surface area contributed by atoms with Gasteiger partial charge in [-0.25, -0.2) is 19.6 Å². The molecule has 0 spiro atoms. The molecule has 1 heterocycles. The molecular weight excluding hydrogens is 308 g/mol. The van der Waals surface area contributed by atoms with E-state index in [9.17, 15) is 14.7 Å². The van der Waals surface area contributed by atoms with Gasteiger partial charge in [0.1, 0.15) is 6.04 Å². The molecule has 1 aromatic carbocycles. The van der Waals surface area contributed by atoms with E-state index in [4.69, 9.17) is 0 Å². The third-order valence-corrected chi connectivity index (χ3v) is 3.64. The van der Waals surface area contributed by atoms with E-state index in [2.05, 4.69) is 20.6 Å². The molecule has 0 radical (unpaired) electrons. The van der Waals surface area contributed by atoms with Crippen LogP contribution in [0.25, 0.3) is 11.0 Å². The van der Waals surface area contributed by atoms with Crippen LogP contribution in [0.2, 0.25) is 0 Å². The topological polar surface area (TPSA) is 104 Å². The Hall–Kier alpha value is -2.70. The number of nitrogens with one attached hydrogen (secondary N) is 2. The van der Waals surface area contributed by atoms with Crippen LogP contribution < -0.4 is 10.6 Å². The van der Waals surface area contributed by atoms with E-state index in [0.29, 0.717) is 17.6 Å². The number of urea groups is 1. The molecular formula is C17H22N4O3. The molecule has 1 aromatic heterocycles. The molecule has 0 saturated heterocycles. The van der Waals surface area contributed by atoms with Crippen molar-refractivity contribution in [2.75, 3.05) is 5.32 Å². The molecule has 3 N–H and O–H groups in total. The number of carboxylic acid groups (broad SMARTS) is 1. The Morgan fingerprint density at radius 3 is 2.33 bits per heavy atom. The second-order valence-electron chi connectivity index (χ2n) is 6.22. The van der Waals surface area contributed by atoms with Crippen LogP contribution in [0.15, 0.2) is 18.2 Å². The van der Waals surface area contributed by atoms with Crippen molar-refractivity contribution in [1.29, 1.82) is 0 Å². The summed E-state index contributed by atoms with van der Waals surface area (Å²) < 4.78 is 0. The van der Waals surface area contributed by atoms with E-state index >= 15 is 0 Å². The smallest absolute Gasteiger partial charge is 0.326 e. The molecule has 0 aliphatic rings. The maximum atomic E-state index is 12.0. The Morgan fingerprint density at radius 2 is 1.75 bits per heavy atom. The van der Waals surface area contributed by atoms with Gasteiger partial charge < -0.3 is 15.7 Å². The van der Waals surface area contributed by atoms with Gasteiger partial charge in [-0.2, -0.15) is 0 Å². The van der Waals surface area contributed by atoms with Gasteiger partial charge in [0.25, 0.3) is 0 Å². The zero-order valence-electron chi connectivity index (χ0n) is 14.3. The number of carbonyl (C=O) groups is 2. The predicted octanol–water partition coefficient (Wildman–Crippen LogP) is 2.87. The van der Waals surface area contributed by atoms with E-state index in [-0.39, 0.29) is 5.92 Å². The van der Waals surface area contributed by atoms with Crippen LogP contribution in [0.5, 0.6) is 0 Å². The fourth-order valence-corrected chi connectivity index (χ4v) is 2.33. The van der Waals surface area contributed by atoms with Gasteiger partial charge >= 0.3 is 12.0 Å². The van der Waals surface area contributed by atoms with E-state index in [1.807, 2.05) is 27.7 Å². The first-order chi connectivity index (χ1) is 11.3. The average molecular weight is 330 g/mol. The van der Waals surface area contributed by atoms with Crippen molar-refractivity contribution >= 4 is 28.7 Å². The lowest BCUT2D eigenvalue weighted by Crippen LogP contribution is -2.43. The molecule has 128 valence electrons. The van der Waals surface area contributed by atoms with Gasteiger partial charge in [0.2, 0.25) is 0 Å². The number of anilines is 1. The first-order valence-electron chi connectivity index (χ1n) is 7.81. The average Bonchev–Trinajstić information content (AvgIpc) is 2.47. The maximum Gasteiger partial charge on any atom is 0.326 e. The predicted molar refractivity (Wildman–Crippen MR) is 92.0 cm³/mol. The molecule has 0 aliphatic carbocycles. The van der Waals surface area contributed by atoms with Gasteiger partial charge in [-0.3, -0.25) is 0 Å². The second kappa shape index (κ2) is 7.25. The van der Waals surface area contributed by atoms with Gasteiger partial charge in [-0.15, -0.1) is 0 Å². The van der Waals surface area contributed by atoms with Crippen LogP contribution in [0.3, 0.4) is 0 Å². The van der Waals surface area contributed by atoms with Crippen molar-refractivity contribution in [3.05, 3.63) is 29.6 Å². The molecule has 0 aliphatic heterocycles. The number of aromatic nitrogens is 2. The van der Waals surface area contributed by atoms with Gasteiger partial charge in [-0.1, -0.05) is 13.8 Å². The number of carbonyl (C=O) groups excluding carboxylic acids is 1. The number of rotatable bonds is 5. The fourth-order valence-electron chi connectivity index (χ4n) is 2.33. The molecule has 2 aromatic rings. The third kappa shape index (κ3) is 4.41. The van der Waals surface area contributed by atoms with Crippen LogP contribution in [0.1, 0.15) is 31.7 Å². The number of benzene rings is 1. The summed E-state index contributed by atoms with van der Waals surface area (Å²) in [7, 11) is 0. The minimum Gasteiger partial charge on any atom is -0.480 e. The highest BCUT2D eigenvalue weighted by Crippen LogP contribution is 2.17. The normalized spacial score (nSPS) is 12.2.